The maximum absolute atomic E-state index is 12.1. The van der Waals surface area contributed by atoms with E-state index in [-0.39, 0.29) is 5.91 Å². The summed E-state index contributed by atoms with van der Waals surface area (Å²) in [4.78, 5) is 16.4. The number of rotatable bonds is 5. The summed E-state index contributed by atoms with van der Waals surface area (Å²) in [6.45, 7) is 3.17. The van der Waals surface area contributed by atoms with E-state index in [4.69, 9.17) is 9.15 Å². The summed E-state index contributed by atoms with van der Waals surface area (Å²) in [5, 5.41) is 0. The fraction of sp³-hybridized carbons (Fsp3) is 0.643. The largest absolute Gasteiger partial charge is 0.468 e. The molecular weight excluding hydrogens is 244 g/mol. The highest BCUT2D eigenvalue weighted by atomic mass is 16.5. The van der Waals surface area contributed by atoms with Crippen LogP contribution in [0, 0.1) is 0 Å². The first-order chi connectivity index (χ1) is 9.29. The van der Waals surface area contributed by atoms with Crippen molar-refractivity contribution in [3.05, 3.63) is 24.2 Å². The molecule has 2 aliphatic rings. The number of carbonyl (C=O) groups excluding carboxylic acids is 1. The number of nitrogens with zero attached hydrogens (tertiary/aromatic N) is 2. The predicted octanol–water partition coefficient (Wildman–Crippen LogP) is 1.10. The van der Waals surface area contributed by atoms with Gasteiger partial charge in [0, 0.05) is 38.7 Å². The van der Waals surface area contributed by atoms with Gasteiger partial charge in [-0.15, -0.1) is 0 Å². The molecule has 5 heteroatoms. The zero-order chi connectivity index (χ0) is 13.2. The number of hydrogen-bond donors (Lipinski definition) is 0. The molecule has 0 spiro atoms. The Morgan fingerprint density at radius 2 is 2.37 bits per heavy atom. The van der Waals surface area contributed by atoms with E-state index in [0.29, 0.717) is 31.7 Å². The Hall–Kier alpha value is -1.33. The highest BCUT2D eigenvalue weighted by Crippen LogP contribution is 2.33. The molecule has 2 unspecified atom stereocenters. The molecule has 1 aromatic heterocycles. The fourth-order valence-electron chi connectivity index (χ4n) is 3.29. The lowest BCUT2D eigenvalue weighted by atomic mass is 10.1. The molecule has 0 aliphatic carbocycles. The van der Waals surface area contributed by atoms with Crippen LogP contribution in [0.1, 0.15) is 18.6 Å². The minimum Gasteiger partial charge on any atom is -0.468 e. The second-order valence-electron chi connectivity index (χ2n) is 5.26. The summed E-state index contributed by atoms with van der Waals surface area (Å²) in [5.41, 5.74) is 0. The number of furan rings is 1. The van der Waals surface area contributed by atoms with E-state index >= 15 is 0 Å². The Labute approximate surface area is 113 Å². The van der Waals surface area contributed by atoms with Gasteiger partial charge >= 0.3 is 0 Å². The number of fused-ring (bicyclic) bond motifs is 1. The van der Waals surface area contributed by atoms with Crippen molar-refractivity contribution in [3.8, 4) is 0 Å². The number of likely N-dealkylation sites (tertiary alicyclic amines) is 2. The maximum Gasteiger partial charge on any atom is 0.224 e. The second-order valence-corrected chi connectivity index (χ2v) is 5.26. The number of ether oxygens (including phenoxy) is 1. The lowest BCUT2D eigenvalue weighted by molar-refractivity contribution is -0.129. The first-order valence-electron chi connectivity index (χ1n) is 6.84. The molecule has 0 saturated carbocycles. The normalized spacial score (nSPS) is 27.2. The van der Waals surface area contributed by atoms with Gasteiger partial charge < -0.3 is 14.1 Å². The minimum absolute atomic E-state index is 0.260. The Bertz CT molecular complexity index is 432. The molecular formula is C14H20N2O3. The molecule has 1 amide bonds. The number of methoxy groups -OCH3 is 1. The average molecular weight is 264 g/mol. The van der Waals surface area contributed by atoms with E-state index in [1.807, 2.05) is 17.0 Å². The second kappa shape index (κ2) is 5.35. The van der Waals surface area contributed by atoms with Gasteiger partial charge in [0.2, 0.25) is 5.91 Å². The van der Waals surface area contributed by atoms with Crippen LogP contribution in [0.3, 0.4) is 0 Å². The van der Waals surface area contributed by atoms with E-state index in [2.05, 4.69) is 4.90 Å². The smallest absolute Gasteiger partial charge is 0.224 e. The standard InChI is InChI=1S/C14H20N2O3/c1-18-8-6-16-12-4-5-15(13(12)9-14(16)17)10-11-3-2-7-19-11/h2-3,7,12-13H,4-6,8-10H2,1H3. The van der Waals surface area contributed by atoms with Crippen molar-refractivity contribution in [3.63, 3.8) is 0 Å². The Balaban J connectivity index is 1.65. The predicted molar refractivity (Wildman–Crippen MR) is 69.5 cm³/mol. The van der Waals surface area contributed by atoms with E-state index in [1.54, 1.807) is 13.4 Å². The van der Waals surface area contributed by atoms with Gasteiger partial charge in [0.05, 0.1) is 19.4 Å². The molecule has 19 heavy (non-hydrogen) atoms. The molecule has 2 saturated heterocycles. The van der Waals surface area contributed by atoms with Crippen LogP contribution >= 0.6 is 0 Å². The molecule has 2 aliphatic heterocycles. The summed E-state index contributed by atoms with van der Waals surface area (Å²) >= 11 is 0. The first-order valence-corrected chi connectivity index (χ1v) is 6.84. The van der Waals surface area contributed by atoms with E-state index < -0.39 is 0 Å². The summed E-state index contributed by atoms with van der Waals surface area (Å²) in [6.07, 6.45) is 3.39. The van der Waals surface area contributed by atoms with Crippen LogP contribution in [0.2, 0.25) is 0 Å². The zero-order valence-corrected chi connectivity index (χ0v) is 11.2. The molecule has 0 radical (unpaired) electrons. The van der Waals surface area contributed by atoms with Crippen molar-refractivity contribution >= 4 is 5.91 Å². The minimum atomic E-state index is 0.260. The molecule has 3 rings (SSSR count). The Morgan fingerprint density at radius 3 is 3.11 bits per heavy atom. The average Bonchev–Trinajstić information content (AvgIpc) is 3.08. The Kier molecular flexibility index (Phi) is 3.57. The van der Waals surface area contributed by atoms with Gasteiger partial charge in [-0.2, -0.15) is 0 Å². The molecule has 0 N–H and O–H groups in total. The van der Waals surface area contributed by atoms with Crippen LogP contribution < -0.4 is 0 Å². The van der Waals surface area contributed by atoms with Crippen molar-refractivity contribution in [2.24, 2.45) is 0 Å². The van der Waals surface area contributed by atoms with Crippen LogP contribution in [0.25, 0.3) is 0 Å². The van der Waals surface area contributed by atoms with Crippen LogP contribution in [-0.4, -0.2) is 54.6 Å². The summed E-state index contributed by atoms with van der Waals surface area (Å²) in [7, 11) is 1.68. The van der Waals surface area contributed by atoms with Gasteiger partial charge in [-0.05, 0) is 18.6 Å². The number of amides is 1. The molecule has 5 nitrogen and oxygen atoms in total. The monoisotopic (exact) mass is 264 g/mol. The van der Waals surface area contributed by atoms with Gasteiger partial charge in [-0.25, -0.2) is 0 Å². The van der Waals surface area contributed by atoms with Crippen LogP contribution in [-0.2, 0) is 16.1 Å². The lowest BCUT2D eigenvalue weighted by Crippen LogP contribution is -2.38. The topological polar surface area (TPSA) is 45.9 Å². The SMILES string of the molecule is COCCN1C(=O)CC2C1CCN2Cc1ccco1. The quantitative estimate of drug-likeness (QED) is 0.799. The third kappa shape index (κ3) is 2.40. The fourth-order valence-corrected chi connectivity index (χ4v) is 3.29. The Morgan fingerprint density at radius 1 is 1.47 bits per heavy atom. The number of carbonyl (C=O) groups is 1. The first kappa shape index (κ1) is 12.7. The van der Waals surface area contributed by atoms with Crippen LogP contribution in [0.4, 0.5) is 0 Å². The maximum atomic E-state index is 12.1. The van der Waals surface area contributed by atoms with Crippen LogP contribution in [0.5, 0.6) is 0 Å². The van der Waals surface area contributed by atoms with Crippen molar-refractivity contribution in [2.75, 3.05) is 26.8 Å². The highest BCUT2D eigenvalue weighted by molar-refractivity contribution is 5.80. The molecule has 1 aromatic rings. The zero-order valence-electron chi connectivity index (χ0n) is 11.2. The highest BCUT2D eigenvalue weighted by Gasteiger charge is 2.46. The van der Waals surface area contributed by atoms with Crippen molar-refractivity contribution in [1.29, 1.82) is 0 Å². The van der Waals surface area contributed by atoms with Gasteiger partial charge in [-0.3, -0.25) is 9.69 Å². The molecule has 2 atom stereocenters. The molecule has 0 aromatic carbocycles. The summed E-state index contributed by atoms with van der Waals surface area (Å²) < 4.78 is 10.5. The van der Waals surface area contributed by atoms with Crippen LogP contribution in [0.15, 0.2) is 22.8 Å². The molecule has 3 heterocycles. The third-order valence-corrected chi connectivity index (χ3v) is 4.21. The molecule has 2 fully saturated rings. The molecule has 104 valence electrons. The lowest BCUT2D eigenvalue weighted by Gasteiger charge is -2.24. The van der Waals surface area contributed by atoms with E-state index in [1.165, 1.54) is 0 Å². The van der Waals surface area contributed by atoms with E-state index in [9.17, 15) is 4.79 Å². The van der Waals surface area contributed by atoms with Gasteiger partial charge in [0.25, 0.3) is 0 Å². The molecule has 0 bridgehead atoms. The summed E-state index contributed by atoms with van der Waals surface area (Å²) in [5.74, 6) is 1.24. The summed E-state index contributed by atoms with van der Waals surface area (Å²) in [6, 6.07) is 4.60. The van der Waals surface area contributed by atoms with Crippen molar-refractivity contribution in [1.82, 2.24) is 9.80 Å². The van der Waals surface area contributed by atoms with E-state index in [0.717, 1.165) is 25.3 Å². The van der Waals surface area contributed by atoms with Gasteiger partial charge in [-0.1, -0.05) is 0 Å². The van der Waals surface area contributed by atoms with Crippen molar-refractivity contribution < 1.29 is 13.9 Å². The number of hydrogen-bond acceptors (Lipinski definition) is 4. The third-order valence-electron chi connectivity index (χ3n) is 4.21. The van der Waals surface area contributed by atoms with Gasteiger partial charge in [0.1, 0.15) is 5.76 Å². The van der Waals surface area contributed by atoms with Gasteiger partial charge in [0.15, 0.2) is 0 Å². The van der Waals surface area contributed by atoms with Crippen molar-refractivity contribution in [2.45, 2.75) is 31.5 Å².